The van der Waals surface area contributed by atoms with Gasteiger partial charge in [-0.05, 0) is 30.7 Å². The van der Waals surface area contributed by atoms with Crippen LogP contribution >= 0.6 is 0 Å². The number of aromatic nitrogens is 2. The molecule has 1 aromatic carbocycles. The van der Waals surface area contributed by atoms with E-state index in [-0.39, 0.29) is 17.5 Å². The number of hydrogen-bond acceptors (Lipinski definition) is 6. The lowest BCUT2D eigenvalue weighted by atomic mass is 10.2. The summed E-state index contributed by atoms with van der Waals surface area (Å²) in [4.78, 5) is 31.8. The molecule has 0 atom stereocenters. The third-order valence-corrected chi connectivity index (χ3v) is 3.24. The zero-order valence-corrected chi connectivity index (χ0v) is 13.7. The summed E-state index contributed by atoms with van der Waals surface area (Å²) in [6.07, 6.45) is 3.43. The molecular formula is C17H20N4O3. The van der Waals surface area contributed by atoms with Gasteiger partial charge < -0.3 is 15.4 Å². The standard InChI is InChI=1S/C17H20N4O3/c1-3-4-9-18-15(22)14-8-10-19-17(21-14)20-13-7-5-6-12(11-13)16(23)24-2/h5-8,10-11H,3-4,9H2,1-2H3,(H,18,22)(H,19,20,21). The minimum absolute atomic E-state index is 0.239. The van der Waals surface area contributed by atoms with Gasteiger partial charge in [0.1, 0.15) is 5.69 Å². The number of ether oxygens (including phenoxy) is 1. The van der Waals surface area contributed by atoms with E-state index in [1.54, 1.807) is 30.3 Å². The van der Waals surface area contributed by atoms with Gasteiger partial charge in [0.15, 0.2) is 0 Å². The van der Waals surface area contributed by atoms with Crippen molar-refractivity contribution in [3.8, 4) is 0 Å². The number of anilines is 2. The van der Waals surface area contributed by atoms with Crippen LogP contribution in [-0.4, -0.2) is 35.5 Å². The summed E-state index contributed by atoms with van der Waals surface area (Å²) in [7, 11) is 1.33. The average molecular weight is 328 g/mol. The van der Waals surface area contributed by atoms with Gasteiger partial charge in [-0.15, -0.1) is 0 Å². The molecule has 7 heteroatoms. The summed E-state index contributed by atoms with van der Waals surface area (Å²) in [5.41, 5.74) is 1.32. The van der Waals surface area contributed by atoms with Crippen LogP contribution in [0.25, 0.3) is 0 Å². The number of unbranched alkanes of at least 4 members (excludes halogenated alkanes) is 1. The van der Waals surface area contributed by atoms with Crippen molar-refractivity contribution in [3.05, 3.63) is 47.8 Å². The first-order chi connectivity index (χ1) is 11.6. The number of nitrogens with one attached hydrogen (secondary N) is 2. The lowest BCUT2D eigenvalue weighted by molar-refractivity contribution is 0.0600. The predicted molar refractivity (Wildman–Crippen MR) is 90.3 cm³/mol. The van der Waals surface area contributed by atoms with E-state index in [0.717, 1.165) is 12.8 Å². The second kappa shape index (κ2) is 8.61. The van der Waals surface area contributed by atoms with E-state index in [1.807, 2.05) is 0 Å². The van der Waals surface area contributed by atoms with Gasteiger partial charge in [-0.2, -0.15) is 0 Å². The molecule has 0 bridgehead atoms. The van der Waals surface area contributed by atoms with Gasteiger partial charge in [-0.25, -0.2) is 14.8 Å². The van der Waals surface area contributed by atoms with Crippen molar-refractivity contribution < 1.29 is 14.3 Å². The van der Waals surface area contributed by atoms with Crippen molar-refractivity contribution in [1.82, 2.24) is 15.3 Å². The smallest absolute Gasteiger partial charge is 0.337 e. The highest BCUT2D eigenvalue weighted by molar-refractivity contribution is 5.92. The van der Waals surface area contributed by atoms with Crippen LogP contribution < -0.4 is 10.6 Å². The van der Waals surface area contributed by atoms with Crippen LogP contribution in [0.3, 0.4) is 0 Å². The monoisotopic (exact) mass is 328 g/mol. The predicted octanol–water partition coefficient (Wildman–Crippen LogP) is 2.54. The summed E-state index contributed by atoms with van der Waals surface area (Å²) in [6.45, 7) is 2.67. The fourth-order valence-electron chi connectivity index (χ4n) is 1.99. The lowest BCUT2D eigenvalue weighted by Crippen LogP contribution is -2.25. The summed E-state index contributed by atoms with van der Waals surface area (Å²) < 4.78 is 4.69. The minimum atomic E-state index is -0.427. The fraction of sp³-hybridized carbons (Fsp3) is 0.294. The summed E-state index contributed by atoms with van der Waals surface area (Å²) in [6, 6.07) is 8.32. The van der Waals surface area contributed by atoms with Crippen LogP contribution in [0.4, 0.5) is 11.6 Å². The van der Waals surface area contributed by atoms with Crippen molar-refractivity contribution >= 4 is 23.5 Å². The number of carbonyl (C=O) groups is 2. The fourth-order valence-corrected chi connectivity index (χ4v) is 1.99. The first-order valence-corrected chi connectivity index (χ1v) is 7.70. The Labute approximate surface area is 140 Å². The average Bonchev–Trinajstić information content (AvgIpc) is 2.61. The van der Waals surface area contributed by atoms with Gasteiger partial charge in [-0.3, -0.25) is 4.79 Å². The third kappa shape index (κ3) is 4.77. The Morgan fingerprint density at radius 3 is 2.83 bits per heavy atom. The Morgan fingerprint density at radius 2 is 2.08 bits per heavy atom. The van der Waals surface area contributed by atoms with Gasteiger partial charge in [0.25, 0.3) is 5.91 Å². The maximum Gasteiger partial charge on any atom is 0.337 e. The molecule has 1 amide bonds. The number of amides is 1. The summed E-state index contributed by atoms with van der Waals surface area (Å²) >= 11 is 0. The number of benzene rings is 1. The van der Waals surface area contributed by atoms with E-state index in [1.165, 1.54) is 13.3 Å². The van der Waals surface area contributed by atoms with Gasteiger partial charge in [0, 0.05) is 18.4 Å². The van der Waals surface area contributed by atoms with Gasteiger partial charge in [0.05, 0.1) is 12.7 Å². The molecule has 24 heavy (non-hydrogen) atoms. The molecular weight excluding hydrogens is 308 g/mol. The first-order valence-electron chi connectivity index (χ1n) is 7.70. The van der Waals surface area contributed by atoms with E-state index in [9.17, 15) is 9.59 Å². The number of rotatable bonds is 7. The van der Waals surface area contributed by atoms with Gasteiger partial charge in [-0.1, -0.05) is 19.4 Å². The summed E-state index contributed by atoms with van der Waals surface area (Å²) in [5.74, 6) is -0.388. The SMILES string of the molecule is CCCCNC(=O)c1ccnc(Nc2cccc(C(=O)OC)c2)n1. The molecule has 0 spiro atoms. The number of esters is 1. The Bertz CT molecular complexity index is 718. The molecule has 0 saturated heterocycles. The van der Waals surface area contributed by atoms with Crippen molar-refractivity contribution in [2.45, 2.75) is 19.8 Å². The van der Waals surface area contributed by atoms with Crippen molar-refractivity contribution in [1.29, 1.82) is 0 Å². The van der Waals surface area contributed by atoms with Crippen LogP contribution in [0, 0.1) is 0 Å². The number of carbonyl (C=O) groups excluding carboxylic acids is 2. The van der Waals surface area contributed by atoms with Crippen LogP contribution in [0.15, 0.2) is 36.5 Å². The normalized spacial score (nSPS) is 10.1. The molecule has 0 radical (unpaired) electrons. The molecule has 0 unspecified atom stereocenters. The molecule has 126 valence electrons. The Kier molecular flexibility index (Phi) is 6.24. The Morgan fingerprint density at radius 1 is 1.25 bits per heavy atom. The molecule has 1 aromatic heterocycles. The number of hydrogen-bond donors (Lipinski definition) is 2. The van der Waals surface area contributed by atoms with Crippen LogP contribution in [0.2, 0.25) is 0 Å². The molecule has 0 aliphatic carbocycles. The number of methoxy groups -OCH3 is 1. The largest absolute Gasteiger partial charge is 0.465 e. The zero-order valence-electron chi connectivity index (χ0n) is 13.7. The van der Waals surface area contributed by atoms with E-state index >= 15 is 0 Å². The molecule has 0 fully saturated rings. The number of nitrogens with zero attached hydrogens (tertiary/aromatic N) is 2. The van der Waals surface area contributed by atoms with Gasteiger partial charge >= 0.3 is 5.97 Å². The lowest BCUT2D eigenvalue weighted by Gasteiger charge is -2.08. The highest BCUT2D eigenvalue weighted by atomic mass is 16.5. The van der Waals surface area contributed by atoms with E-state index in [0.29, 0.717) is 17.8 Å². The van der Waals surface area contributed by atoms with E-state index in [4.69, 9.17) is 0 Å². The highest BCUT2D eigenvalue weighted by Crippen LogP contribution is 2.15. The Hall–Kier alpha value is -2.96. The molecule has 0 saturated carbocycles. The molecule has 1 heterocycles. The maximum absolute atomic E-state index is 12.0. The quantitative estimate of drug-likeness (QED) is 0.599. The van der Waals surface area contributed by atoms with Crippen molar-refractivity contribution in [2.24, 2.45) is 0 Å². The van der Waals surface area contributed by atoms with Gasteiger partial charge in [0.2, 0.25) is 5.95 Å². The van der Waals surface area contributed by atoms with Crippen molar-refractivity contribution in [2.75, 3.05) is 19.0 Å². The first kappa shape index (κ1) is 17.4. The molecule has 2 N–H and O–H groups in total. The van der Waals surface area contributed by atoms with E-state index in [2.05, 4.69) is 32.3 Å². The topological polar surface area (TPSA) is 93.2 Å². The maximum atomic E-state index is 12.0. The van der Waals surface area contributed by atoms with Crippen LogP contribution in [0.5, 0.6) is 0 Å². The third-order valence-electron chi connectivity index (χ3n) is 3.24. The Balaban J connectivity index is 2.09. The molecule has 0 aliphatic heterocycles. The van der Waals surface area contributed by atoms with Crippen molar-refractivity contribution in [3.63, 3.8) is 0 Å². The summed E-state index contributed by atoms with van der Waals surface area (Å²) in [5, 5.41) is 5.78. The second-order valence-corrected chi connectivity index (χ2v) is 5.07. The van der Waals surface area contributed by atoms with E-state index < -0.39 is 5.97 Å². The molecule has 7 nitrogen and oxygen atoms in total. The minimum Gasteiger partial charge on any atom is -0.465 e. The molecule has 0 aliphatic rings. The van der Waals surface area contributed by atoms with Crippen LogP contribution in [-0.2, 0) is 4.74 Å². The zero-order chi connectivity index (χ0) is 17.4. The molecule has 2 rings (SSSR count). The highest BCUT2D eigenvalue weighted by Gasteiger charge is 2.09. The molecule has 2 aromatic rings. The van der Waals surface area contributed by atoms with Crippen LogP contribution in [0.1, 0.15) is 40.6 Å². The second-order valence-electron chi connectivity index (χ2n) is 5.07.